The van der Waals surface area contributed by atoms with Gasteiger partial charge in [-0.1, -0.05) is 72.8 Å². The van der Waals surface area contributed by atoms with Crippen molar-refractivity contribution >= 4 is 65.7 Å². The van der Waals surface area contributed by atoms with Crippen molar-refractivity contribution in [1.82, 2.24) is 4.57 Å². The van der Waals surface area contributed by atoms with Crippen molar-refractivity contribution in [1.29, 1.82) is 0 Å². The van der Waals surface area contributed by atoms with Crippen LogP contribution in [0, 0.1) is 0 Å². The van der Waals surface area contributed by atoms with Crippen molar-refractivity contribution in [2.75, 3.05) is 0 Å². The third-order valence-corrected chi connectivity index (χ3v) is 7.77. The molecule has 0 amide bonds. The number of para-hydroxylation sites is 2. The second-order valence-corrected chi connectivity index (χ2v) is 9.76. The zero-order valence-electron chi connectivity index (χ0n) is 19.7. The number of benzene rings is 6. The van der Waals surface area contributed by atoms with Crippen LogP contribution in [0.2, 0.25) is 0 Å². The molecule has 2 aliphatic heterocycles. The van der Waals surface area contributed by atoms with Crippen LogP contribution >= 0.6 is 0 Å². The van der Waals surface area contributed by atoms with Crippen LogP contribution in [-0.4, -0.2) is 4.57 Å². The zero-order valence-corrected chi connectivity index (χ0v) is 19.7. The predicted molar refractivity (Wildman–Crippen MR) is 152 cm³/mol. The van der Waals surface area contributed by atoms with Gasteiger partial charge in [-0.15, -0.1) is 0 Å². The van der Waals surface area contributed by atoms with E-state index < -0.39 is 0 Å². The second kappa shape index (κ2) is 6.80. The van der Waals surface area contributed by atoms with Crippen LogP contribution < -0.4 is 0 Å². The largest absolute Gasteiger partial charge is 0.456 e. The monoisotopic (exact) mass is 473 g/mol. The van der Waals surface area contributed by atoms with E-state index in [9.17, 15) is 0 Å². The Morgan fingerprint density at radius 2 is 1.14 bits per heavy atom. The number of hydrogen-bond acceptors (Lipinski definition) is 2. The Labute approximate surface area is 211 Å². The van der Waals surface area contributed by atoms with Crippen molar-refractivity contribution in [3.8, 4) is 16.8 Å². The molecule has 7 aromatic rings. The minimum absolute atomic E-state index is 0.857. The van der Waals surface area contributed by atoms with Gasteiger partial charge in [0.15, 0.2) is 11.2 Å². The molecule has 0 bridgehead atoms. The van der Waals surface area contributed by atoms with Gasteiger partial charge >= 0.3 is 0 Å². The smallest absolute Gasteiger partial charge is 0.152 e. The van der Waals surface area contributed by atoms with E-state index in [0.717, 1.165) is 55.4 Å². The van der Waals surface area contributed by atoms with E-state index in [1.54, 1.807) is 0 Å². The molecule has 0 saturated carbocycles. The van der Waals surface area contributed by atoms with Crippen LogP contribution in [-0.2, 0) is 0 Å². The van der Waals surface area contributed by atoms with Gasteiger partial charge in [0, 0.05) is 21.5 Å². The third kappa shape index (κ3) is 2.50. The van der Waals surface area contributed by atoms with Crippen LogP contribution in [0.4, 0.5) is 0 Å². The minimum atomic E-state index is 0.857. The Hall–Kier alpha value is -5.02. The maximum atomic E-state index is 6.58. The van der Waals surface area contributed by atoms with Crippen LogP contribution in [0.15, 0.2) is 124 Å². The second-order valence-electron chi connectivity index (χ2n) is 9.76. The van der Waals surface area contributed by atoms with Gasteiger partial charge in [-0.05, 0) is 64.4 Å². The minimum Gasteiger partial charge on any atom is -0.456 e. The first-order valence-corrected chi connectivity index (χ1v) is 12.5. The summed E-state index contributed by atoms with van der Waals surface area (Å²) in [5, 5.41) is 7.25. The summed E-state index contributed by atoms with van der Waals surface area (Å²) in [6.45, 7) is 0. The van der Waals surface area contributed by atoms with Gasteiger partial charge in [0.2, 0.25) is 0 Å². The van der Waals surface area contributed by atoms with E-state index in [2.05, 4.69) is 108 Å². The molecule has 37 heavy (non-hydrogen) atoms. The Balaban J connectivity index is 1.38. The Morgan fingerprint density at radius 3 is 2.11 bits per heavy atom. The van der Waals surface area contributed by atoms with E-state index in [1.807, 2.05) is 12.1 Å². The summed E-state index contributed by atoms with van der Waals surface area (Å²) in [5.41, 5.74) is 9.16. The van der Waals surface area contributed by atoms with Gasteiger partial charge < -0.3 is 13.4 Å². The highest BCUT2D eigenvalue weighted by Crippen LogP contribution is 2.41. The van der Waals surface area contributed by atoms with Gasteiger partial charge in [0.05, 0.1) is 16.7 Å². The summed E-state index contributed by atoms with van der Waals surface area (Å²) in [5.74, 6) is 0. The number of pyridine rings is 1. The Kier molecular flexibility index (Phi) is 3.53. The van der Waals surface area contributed by atoms with Gasteiger partial charge in [0.1, 0.15) is 11.2 Å². The first kappa shape index (κ1) is 19.2. The van der Waals surface area contributed by atoms with Crippen molar-refractivity contribution in [2.45, 2.75) is 0 Å². The lowest BCUT2D eigenvalue weighted by Gasteiger charge is -2.22. The number of nitrogens with zero attached hydrogens (tertiary/aromatic N) is 1. The molecule has 3 nitrogen and oxygen atoms in total. The maximum absolute atomic E-state index is 6.58. The summed E-state index contributed by atoms with van der Waals surface area (Å²) in [4.78, 5) is 0. The average molecular weight is 474 g/mol. The first-order valence-electron chi connectivity index (χ1n) is 12.5. The van der Waals surface area contributed by atoms with E-state index in [0.29, 0.717) is 0 Å². The molecule has 0 N–H and O–H groups in total. The summed E-state index contributed by atoms with van der Waals surface area (Å²) < 4.78 is 15.0. The molecule has 2 aliphatic rings. The number of aromatic nitrogens is 1. The van der Waals surface area contributed by atoms with Crippen molar-refractivity contribution < 1.29 is 8.83 Å². The van der Waals surface area contributed by atoms with Crippen molar-refractivity contribution in [3.63, 3.8) is 0 Å². The number of rotatable bonds is 1. The molecule has 172 valence electrons. The van der Waals surface area contributed by atoms with Crippen LogP contribution in [0.5, 0.6) is 0 Å². The molecule has 0 spiro atoms. The first-order chi connectivity index (χ1) is 18.3. The van der Waals surface area contributed by atoms with Crippen LogP contribution in [0.3, 0.4) is 0 Å². The summed E-state index contributed by atoms with van der Waals surface area (Å²) >= 11 is 0. The average Bonchev–Trinajstić information content (AvgIpc) is 3.32. The van der Waals surface area contributed by atoms with Gasteiger partial charge in [0.25, 0.3) is 0 Å². The van der Waals surface area contributed by atoms with Gasteiger partial charge in [-0.3, -0.25) is 0 Å². The third-order valence-electron chi connectivity index (χ3n) is 7.77. The zero-order chi connectivity index (χ0) is 24.1. The molecule has 0 fully saturated rings. The summed E-state index contributed by atoms with van der Waals surface area (Å²) in [6.07, 6.45) is 0. The molecule has 9 rings (SSSR count). The van der Waals surface area contributed by atoms with Crippen LogP contribution in [0.25, 0.3) is 82.5 Å². The Morgan fingerprint density at radius 1 is 0.432 bits per heavy atom. The standard InChI is InChI=1S/C34H19NO2/c1-2-12-29-23(8-1)26-18-21(15-17-30(26)36-29)22-14-16-27-32(19-22)37-31-13-5-10-25-24-9-3-6-20-7-4-11-28(33(20)24)35(27)34(25)31/h1-19H. The van der Waals surface area contributed by atoms with E-state index in [-0.39, 0.29) is 0 Å². The van der Waals surface area contributed by atoms with E-state index in [4.69, 9.17) is 8.83 Å². The Bertz CT molecular complexity index is 2310. The fourth-order valence-electron chi connectivity index (χ4n) is 6.14. The van der Waals surface area contributed by atoms with Crippen molar-refractivity contribution in [2.24, 2.45) is 0 Å². The SMILES string of the molecule is c1ccc2c(c1)oc1ccc(-c3ccc4c(c3)oc3cccc5c3-n4c3cccc4cccc5c43)cc12. The van der Waals surface area contributed by atoms with E-state index in [1.165, 1.54) is 27.1 Å². The summed E-state index contributed by atoms with van der Waals surface area (Å²) in [6, 6.07) is 40.6. The molecular formula is C34H19NO2. The molecule has 6 aromatic carbocycles. The van der Waals surface area contributed by atoms with Crippen molar-refractivity contribution in [3.05, 3.63) is 115 Å². The summed E-state index contributed by atoms with van der Waals surface area (Å²) in [7, 11) is 0. The van der Waals surface area contributed by atoms with Crippen LogP contribution in [0.1, 0.15) is 0 Å². The molecule has 0 atom stereocenters. The number of fused-ring (bicyclic) bond motifs is 7. The lowest BCUT2D eigenvalue weighted by molar-refractivity contribution is 0.648. The highest BCUT2D eigenvalue weighted by Gasteiger charge is 2.20. The molecule has 3 heterocycles. The lowest BCUT2D eigenvalue weighted by atomic mass is 9.97. The topological polar surface area (TPSA) is 31.2 Å². The highest BCUT2D eigenvalue weighted by molar-refractivity contribution is 6.20. The molecule has 0 saturated heterocycles. The fourth-order valence-corrected chi connectivity index (χ4v) is 6.14. The highest BCUT2D eigenvalue weighted by atomic mass is 16.3. The maximum Gasteiger partial charge on any atom is 0.152 e. The van der Waals surface area contributed by atoms with E-state index >= 15 is 0 Å². The lowest BCUT2D eigenvalue weighted by Crippen LogP contribution is -2.05. The molecule has 0 unspecified atom stereocenters. The fraction of sp³-hybridized carbons (Fsp3) is 0. The normalized spacial score (nSPS) is 12.3. The molecular weight excluding hydrogens is 454 g/mol. The predicted octanol–water partition coefficient (Wildman–Crippen LogP) is 9.69. The number of hydrogen-bond donors (Lipinski definition) is 0. The van der Waals surface area contributed by atoms with Gasteiger partial charge in [-0.25, -0.2) is 0 Å². The van der Waals surface area contributed by atoms with Gasteiger partial charge in [-0.2, -0.15) is 0 Å². The molecule has 0 aliphatic carbocycles. The molecule has 0 radical (unpaired) electrons. The molecule has 3 heteroatoms. The number of furan rings is 1. The quantitative estimate of drug-likeness (QED) is 0.175. The molecule has 1 aromatic heterocycles.